The van der Waals surface area contributed by atoms with Crippen molar-refractivity contribution in [2.24, 2.45) is 11.8 Å². The maximum absolute atomic E-state index is 13.3. The van der Waals surface area contributed by atoms with Gasteiger partial charge in [0.15, 0.2) is 0 Å². The molecule has 1 aromatic carbocycles. The standard InChI is InChI=1S/C27H43N3O5/c1-6-7-26(31)28-22-8-9-23-24(14-22)35-18-20(3)30(16-21-10-12-34-13-11-21)15-19(2)25(33-5)17-29(4)27(23)32/h8-9,14,19-21,25H,6-7,10-13,15-18H2,1-5H3,(H,28,31)/t19-,20+,25+/m1/s1. The van der Waals surface area contributed by atoms with Crippen LogP contribution >= 0.6 is 0 Å². The lowest BCUT2D eigenvalue weighted by molar-refractivity contribution is -0.116. The highest BCUT2D eigenvalue weighted by atomic mass is 16.5. The van der Waals surface area contributed by atoms with Gasteiger partial charge in [-0.25, -0.2) is 0 Å². The van der Waals surface area contributed by atoms with E-state index in [1.807, 2.05) is 6.92 Å². The lowest BCUT2D eigenvalue weighted by Gasteiger charge is -2.38. The Morgan fingerprint density at radius 1 is 1.20 bits per heavy atom. The van der Waals surface area contributed by atoms with Crippen LogP contribution in [0.3, 0.4) is 0 Å². The minimum atomic E-state index is -0.118. The van der Waals surface area contributed by atoms with Crippen molar-refractivity contribution in [2.45, 2.75) is 58.6 Å². The molecular formula is C27H43N3O5. The number of likely N-dealkylation sites (N-methyl/N-ethyl adjacent to an activating group) is 1. The van der Waals surface area contributed by atoms with E-state index in [0.717, 1.165) is 45.6 Å². The van der Waals surface area contributed by atoms with Crippen molar-refractivity contribution in [1.82, 2.24) is 9.80 Å². The summed E-state index contributed by atoms with van der Waals surface area (Å²) in [4.78, 5) is 29.7. The first-order valence-electron chi connectivity index (χ1n) is 13.0. The fourth-order valence-corrected chi connectivity index (χ4v) is 4.89. The van der Waals surface area contributed by atoms with Gasteiger partial charge in [0.25, 0.3) is 5.91 Å². The maximum atomic E-state index is 13.3. The first kappa shape index (κ1) is 27.4. The van der Waals surface area contributed by atoms with E-state index in [4.69, 9.17) is 14.2 Å². The van der Waals surface area contributed by atoms with Crippen molar-refractivity contribution in [2.75, 3.05) is 58.9 Å². The summed E-state index contributed by atoms with van der Waals surface area (Å²) in [6, 6.07) is 5.44. The van der Waals surface area contributed by atoms with Gasteiger partial charge in [-0.2, -0.15) is 0 Å². The number of ether oxygens (including phenoxy) is 3. The Hall–Kier alpha value is -2.16. The Morgan fingerprint density at radius 3 is 2.63 bits per heavy atom. The molecule has 2 aliphatic heterocycles. The first-order valence-corrected chi connectivity index (χ1v) is 13.0. The van der Waals surface area contributed by atoms with Crippen LogP contribution in [0.2, 0.25) is 0 Å². The van der Waals surface area contributed by atoms with E-state index >= 15 is 0 Å². The van der Waals surface area contributed by atoms with Crippen LogP contribution in [0.25, 0.3) is 0 Å². The van der Waals surface area contributed by atoms with Crippen molar-refractivity contribution in [3.05, 3.63) is 23.8 Å². The lowest BCUT2D eigenvalue weighted by atomic mass is 9.96. The summed E-state index contributed by atoms with van der Waals surface area (Å²) >= 11 is 0. The smallest absolute Gasteiger partial charge is 0.257 e. The SMILES string of the molecule is CCCC(=O)Nc1ccc2c(c1)OC[C@H](C)N(CC1CCOCC1)C[C@@H](C)[C@@H](OC)CN(C)C2=O. The summed E-state index contributed by atoms with van der Waals surface area (Å²) in [6.45, 7) is 10.8. The van der Waals surface area contributed by atoms with Gasteiger partial charge in [0, 0.05) is 71.2 Å². The van der Waals surface area contributed by atoms with Crippen LogP contribution < -0.4 is 10.1 Å². The van der Waals surface area contributed by atoms with E-state index in [1.54, 1.807) is 37.3 Å². The number of hydrogen-bond acceptors (Lipinski definition) is 6. The molecule has 8 heteroatoms. The van der Waals surface area contributed by atoms with Gasteiger partial charge >= 0.3 is 0 Å². The number of methoxy groups -OCH3 is 1. The topological polar surface area (TPSA) is 80.3 Å². The third-order valence-corrected chi connectivity index (χ3v) is 7.17. The number of nitrogens with zero attached hydrogens (tertiary/aromatic N) is 2. The fourth-order valence-electron chi connectivity index (χ4n) is 4.89. The molecule has 1 saturated heterocycles. The molecule has 0 aliphatic carbocycles. The summed E-state index contributed by atoms with van der Waals surface area (Å²) in [5.41, 5.74) is 1.13. The molecular weight excluding hydrogens is 446 g/mol. The van der Waals surface area contributed by atoms with Gasteiger partial charge in [-0.1, -0.05) is 13.8 Å². The van der Waals surface area contributed by atoms with Gasteiger partial charge in [-0.15, -0.1) is 0 Å². The number of carbonyl (C=O) groups excluding carboxylic acids is 2. The summed E-state index contributed by atoms with van der Waals surface area (Å²) in [7, 11) is 3.52. The summed E-state index contributed by atoms with van der Waals surface area (Å²) in [5, 5.41) is 2.92. The predicted octanol–water partition coefficient (Wildman–Crippen LogP) is 3.66. The molecule has 2 amide bonds. The quantitative estimate of drug-likeness (QED) is 0.657. The maximum Gasteiger partial charge on any atom is 0.257 e. The van der Waals surface area contributed by atoms with Gasteiger partial charge < -0.3 is 24.4 Å². The molecule has 196 valence electrons. The monoisotopic (exact) mass is 489 g/mol. The molecule has 3 atom stereocenters. The van der Waals surface area contributed by atoms with Crippen LogP contribution in [0.15, 0.2) is 18.2 Å². The second-order valence-electron chi connectivity index (χ2n) is 10.1. The Labute approximate surface area is 210 Å². The van der Waals surface area contributed by atoms with Crippen LogP contribution in [-0.2, 0) is 14.3 Å². The third kappa shape index (κ3) is 7.66. The predicted molar refractivity (Wildman–Crippen MR) is 137 cm³/mol. The fraction of sp³-hybridized carbons (Fsp3) is 0.704. The van der Waals surface area contributed by atoms with Crippen molar-refractivity contribution >= 4 is 17.5 Å². The van der Waals surface area contributed by atoms with Crippen molar-refractivity contribution in [1.29, 1.82) is 0 Å². The highest BCUT2D eigenvalue weighted by Crippen LogP contribution is 2.27. The molecule has 35 heavy (non-hydrogen) atoms. The van der Waals surface area contributed by atoms with E-state index in [2.05, 4.69) is 24.1 Å². The summed E-state index contributed by atoms with van der Waals surface area (Å²) in [6.07, 6.45) is 3.30. The second kappa shape index (κ2) is 13.2. The Bertz CT molecular complexity index is 842. The molecule has 0 saturated carbocycles. The highest BCUT2D eigenvalue weighted by Gasteiger charge is 2.30. The van der Waals surface area contributed by atoms with Gasteiger partial charge in [0.1, 0.15) is 12.4 Å². The largest absolute Gasteiger partial charge is 0.491 e. The van der Waals surface area contributed by atoms with Gasteiger partial charge in [0.2, 0.25) is 5.91 Å². The number of carbonyl (C=O) groups is 2. The normalized spacial score (nSPS) is 25.2. The number of fused-ring (bicyclic) bond motifs is 1. The van der Waals surface area contributed by atoms with Crippen LogP contribution in [0.1, 0.15) is 56.8 Å². The Morgan fingerprint density at radius 2 is 1.94 bits per heavy atom. The minimum absolute atomic E-state index is 0.0445. The summed E-state index contributed by atoms with van der Waals surface area (Å²) < 4.78 is 17.7. The average molecular weight is 490 g/mol. The van der Waals surface area contributed by atoms with Crippen LogP contribution in [0.5, 0.6) is 5.75 Å². The highest BCUT2D eigenvalue weighted by molar-refractivity contribution is 5.98. The molecule has 1 fully saturated rings. The zero-order valence-corrected chi connectivity index (χ0v) is 22.0. The lowest BCUT2D eigenvalue weighted by Crippen LogP contribution is -2.48. The van der Waals surface area contributed by atoms with E-state index in [9.17, 15) is 9.59 Å². The first-order chi connectivity index (χ1) is 16.8. The number of nitrogens with one attached hydrogen (secondary N) is 1. The molecule has 1 N–H and O–H groups in total. The van der Waals surface area contributed by atoms with E-state index < -0.39 is 0 Å². The van der Waals surface area contributed by atoms with Crippen LogP contribution in [0.4, 0.5) is 5.69 Å². The van der Waals surface area contributed by atoms with Crippen molar-refractivity contribution in [3.8, 4) is 5.75 Å². The van der Waals surface area contributed by atoms with Crippen molar-refractivity contribution in [3.63, 3.8) is 0 Å². The molecule has 2 aliphatic rings. The number of anilines is 1. The molecule has 2 heterocycles. The third-order valence-electron chi connectivity index (χ3n) is 7.17. The molecule has 0 unspecified atom stereocenters. The number of rotatable bonds is 6. The minimum Gasteiger partial charge on any atom is -0.491 e. The number of benzene rings is 1. The van der Waals surface area contributed by atoms with Gasteiger partial charge in [-0.3, -0.25) is 14.5 Å². The summed E-state index contributed by atoms with van der Waals surface area (Å²) in [5.74, 6) is 1.18. The second-order valence-corrected chi connectivity index (χ2v) is 10.1. The van der Waals surface area contributed by atoms with Crippen LogP contribution in [-0.4, -0.2) is 87.4 Å². The zero-order valence-electron chi connectivity index (χ0n) is 22.0. The molecule has 3 rings (SSSR count). The van der Waals surface area contributed by atoms with E-state index in [0.29, 0.717) is 42.5 Å². The number of amides is 2. The van der Waals surface area contributed by atoms with E-state index in [-0.39, 0.29) is 29.9 Å². The molecule has 1 aromatic rings. The molecule has 8 nitrogen and oxygen atoms in total. The van der Waals surface area contributed by atoms with Crippen LogP contribution in [0, 0.1) is 11.8 Å². The Kier molecular flexibility index (Phi) is 10.4. The number of hydrogen-bond donors (Lipinski definition) is 1. The van der Waals surface area contributed by atoms with E-state index in [1.165, 1.54) is 0 Å². The average Bonchev–Trinajstić information content (AvgIpc) is 2.85. The molecule has 0 aromatic heterocycles. The zero-order chi connectivity index (χ0) is 25.4. The molecule has 0 bridgehead atoms. The van der Waals surface area contributed by atoms with Gasteiger partial charge in [0.05, 0.1) is 11.7 Å². The van der Waals surface area contributed by atoms with Gasteiger partial charge in [-0.05, 0) is 50.2 Å². The van der Waals surface area contributed by atoms with Crippen molar-refractivity contribution < 1.29 is 23.8 Å². The molecule has 0 radical (unpaired) electrons. The Balaban J connectivity index is 1.88. The molecule has 0 spiro atoms.